The highest BCUT2D eigenvalue weighted by Gasteiger charge is 2.37. The van der Waals surface area contributed by atoms with Crippen LogP contribution in [0.5, 0.6) is 0 Å². The molecule has 1 aliphatic rings. The van der Waals surface area contributed by atoms with Gasteiger partial charge in [-0.1, -0.05) is 49.7 Å². The van der Waals surface area contributed by atoms with E-state index in [0.717, 1.165) is 41.4 Å². The molecule has 1 amide bonds. The molecule has 1 saturated carbocycles. The van der Waals surface area contributed by atoms with Crippen molar-refractivity contribution in [3.8, 4) is 22.4 Å². The van der Waals surface area contributed by atoms with Crippen LogP contribution in [-0.2, 0) is 9.47 Å². The Bertz CT molecular complexity index is 1700. The number of nitrogens with zero attached hydrogens (tertiary/aromatic N) is 3. The van der Waals surface area contributed by atoms with Crippen molar-refractivity contribution in [3.05, 3.63) is 94.7 Å². The number of ether oxygens (including phenoxy) is 2. The minimum absolute atomic E-state index is 0.0342. The summed E-state index contributed by atoms with van der Waals surface area (Å²) in [7, 11) is 0. The molecule has 0 unspecified atom stereocenters. The number of aliphatic hydroxyl groups is 1. The third-order valence-electron chi connectivity index (χ3n) is 8.32. The molecule has 5 rings (SSSR count). The van der Waals surface area contributed by atoms with Crippen LogP contribution >= 0.6 is 11.6 Å². The van der Waals surface area contributed by atoms with Crippen LogP contribution in [0, 0.1) is 18.2 Å². The van der Waals surface area contributed by atoms with Crippen LogP contribution in [0.1, 0.15) is 68.4 Å². The van der Waals surface area contributed by atoms with E-state index in [0.29, 0.717) is 27.3 Å². The molecule has 2 aromatic carbocycles. The summed E-state index contributed by atoms with van der Waals surface area (Å²) in [5, 5.41) is 16.6. The van der Waals surface area contributed by atoms with Gasteiger partial charge in [-0.25, -0.2) is 13.9 Å². The molecule has 2 atom stereocenters. The fourth-order valence-electron chi connectivity index (χ4n) is 5.79. The summed E-state index contributed by atoms with van der Waals surface area (Å²) in [5.74, 6) is -0.961. The number of aryl methyl sites for hydroxylation is 1. The van der Waals surface area contributed by atoms with Gasteiger partial charge < -0.3 is 19.9 Å². The van der Waals surface area contributed by atoms with Crippen molar-refractivity contribution >= 4 is 17.7 Å². The number of rotatable bonds is 14. The van der Waals surface area contributed by atoms with E-state index in [1.54, 1.807) is 24.4 Å². The minimum Gasteiger partial charge on any atom is -0.449 e. The lowest BCUT2D eigenvalue weighted by atomic mass is 9.73. The highest BCUT2D eigenvalue weighted by atomic mass is 35.5. The molecule has 12 heteroatoms. The maximum atomic E-state index is 15.9. The van der Waals surface area contributed by atoms with Gasteiger partial charge in [-0.3, -0.25) is 4.98 Å². The lowest BCUT2D eigenvalue weighted by molar-refractivity contribution is -0.0501. The Hall–Kier alpha value is -3.93. The molecule has 2 N–H and O–H groups in total. The van der Waals surface area contributed by atoms with Crippen molar-refractivity contribution in [1.29, 1.82) is 0 Å². The van der Waals surface area contributed by atoms with E-state index in [9.17, 15) is 18.7 Å². The SMILES string of the molecule is Cc1cccnc1-c1cc([C@@H](COC(=O)NC2CC2)CC(C)(C)[C@@H](OCCO)c2ccc(-c3cnn(C(F)F)c3)cc2F)ccc1Cl. The van der Waals surface area contributed by atoms with Gasteiger partial charge in [-0.05, 0) is 72.6 Å². The van der Waals surface area contributed by atoms with E-state index < -0.39 is 30.0 Å². The monoisotopic (exact) mass is 670 g/mol. The molecular weight excluding hydrogens is 633 g/mol. The average molecular weight is 671 g/mol. The third-order valence-corrected chi connectivity index (χ3v) is 8.65. The first kappa shape index (κ1) is 34.4. The quantitative estimate of drug-likeness (QED) is 0.140. The zero-order chi connectivity index (χ0) is 33.7. The molecular formula is C35H38ClF3N4O4. The Morgan fingerprint density at radius 3 is 2.62 bits per heavy atom. The van der Waals surface area contributed by atoms with Crippen LogP contribution in [-0.4, -0.2) is 51.8 Å². The molecule has 4 aromatic rings. The Morgan fingerprint density at radius 1 is 1.17 bits per heavy atom. The highest BCUT2D eigenvalue weighted by molar-refractivity contribution is 6.33. The summed E-state index contributed by atoms with van der Waals surface area (Å²) >= 11 is 6.65. The number of nitrogens with one attached hydrogen (secondary N) is 1. The molecule has 0 spiro atoms. The van der Waals surface area contributed by atoms with Crippen LogP contribution < -0.4 is 5.32 Å². The van der Waals surface area contributed by atoms with Gasteiger partial charge in [-0.2, -0.15) is 13.9 Å². The van der Waals surface area contributed by atoms with Gasteiger partial charge in [0.15, 0.2) is 0 Å². The Morgan fingerprint density at radius 2 is 1.96 bits per heavy atom. The van der Waals surface area contributed by atoms with E-state index in [2.05, 4.69) is 15.4 Å². The predicted molar refractivity (Wildman–Crippen MR) is 173 cm³/mol. The van der Waals surface area contributed by atoms with Gasteiger partial charge in [0.25, 0.3) is 0 Å². The fourth-order valence-corrected chi connectivity index (χ4v) is 6.00. The summed E-state index contributed by atoms with van der Waals surface area (Å²) in [6.07, 6.45) is 4.97. The average Bonchev–Trinajstić information content (AvgIpc) is 3.70. The second-order valence-electron chi connectivity index (χ2n) is 12.5. The van der Waals surface area contributed by atoms with Crippen molar-refractivity contribution in [3.63, 3.8) is 0 Å². The minimum atomic E-state index is -2.81. The summed E-state index contributed by atoms with van der Waals surface area (Å²) in [4.78, 5) is 17.1. The number of hydrogen-bond donors (Lipinski definition) is 2. The summed E-state index contributed by atoms with van der Waals surface area (Å²) in [5.41, 5.74) is 3.43. The maximum absolute atomic E-state index is 15.9. The van der Waals surface area contributed by atoms with Gasteiger partial charge in [0.2, 0.25) is 0 Å². The third kappa shape index (κ3) is 8.51. The van der Waals surface area contributed by atoms with Gasteiger partial charge in [-0.15, -0.1) is 0 Å². The number of alkyl carbamates (subject to hydrolysis) is 1. The number of carbonyl (C=O) groups is 1. The zero-order valence-electron chi connectivity index (χ0n) is 26.4. The lowest BCUT2D eigenvalue weighted by Crippen LogP contribution is -2.32. The Labute approximate surface area is 276 Å². The first-order chi connectivity index (χ1) is 22.5. The molecule has 250 valence electrons. The number of carbonyl (C=O) groups excluding carboxylic acids is 1. The van der Waals surface area contributed by atoms with Crippen molar-refractivity contribution in [2.75, 3.05) is 19.8 Å². The number of aromatic nitrogens is 3. The van der Waals surface area contributed by atoms with Crippen LogP contribution in [0.15, 0.2) is 67.1 Å². The van der Waals surface area contributed by atoms with E-state index in [1.807, 2.05) is 45.0 Å². The standard InChI is InChI=1S/C35H38ClF3N4O4/c1-21-5-4-12-40-31(21)28-15-22(7-11-29(28)36)24(20-47-34(45)42-26-8-9-26)17-35(2,3)32(46-14-13-44)27-10-6-23(16-30(27)37)25-18-41-43(19-25)33(38)39/h4-7,10-12,15-16,18-19,24,26,32-33,44H,8-9,13-14,17,20H2,1-3H3,(H,42,45)/t24-,32+/m1/s1. The molecule has 8 nitrogen and oxygen atoms in total. The number of hydrogen-bond acceptors (Lipinski definition) is 6. The number of amides is 1. The normalized spacial score (nSPS) is 14.7. The van der Waals surface area contributed by atoms with Crippen molar-refractivity contribution < 1.29 is 32.5 Å². The summed E-state index contributed by atoms with van der Waals surface area (Å²) in [6, 6.07) is 14.0. The van der Waals surface area contributed by atoms with Gasteiger partial charge in [0.05, 0.1) is 31.2 Å². The Kier molecular flexibility index (Phi) is 10.9. The molecule has 1 aliphatic carbocycles. The number of benzene rings is 2. The molecule has 0 bridgehead atoms. The zero-order valence-corrected chi connectivity index (χ0v) is 27.2. The van der Waals surface area contributed by atoms with Crippen molar-refractivity contribution in [1.82, 2.24) is 20.1 Å². The van der Waals surface area contributed by atoms with Gasteiger partial charge >= 0.3 is 12.6 Å². The molecule has 0 saturated heterocycles. The largest absolute Gasteiger partial charge is 0.449 e. The smallest absolute Gasteiger partial charge is 0.407 e. The van der Waals surface area contributed by atoms with E-state index in [1.165, 1.54) is 12.3 Å². The van der Waals surface area contributed by atoms with Crippen LogP contribution in [0.3, 0.4) is 0 Å². The number of alkyl halides is 2. The first-order valence-electron chi connectivity index (χ1n) is 15.5. The second kappa shape index (κ2) is 14.9. The van der Waals surface area contributed by atoms with E-state index in [-0.39, 0.29) is 37.3 Å². The summed E-state index contributed by atoms with van der Waals surface area (Å²) in [6.45, 7) is 2.68. The highest BCUT2D eigenvalue weighted by Crippen LogP contribution is 2.46. The van der Waals surface area contributed by atoms with Gasteiger partial charge in [0, 0.05) is 46.1 Å². The molecule has 0 radical (unpaired) electrons. The maximum Gasteiger partial charge on any atom is 0.407 e. The predicted octanol–water partition coefficient (Wildman–Crippen LogP) is 8.25. The lowest BCUT2D eigenvalue weighted by Gasteiger charge is -2.37. The molecule has 47 heavy (non-hydrogen) atoms. The van der Waals surface area contributed by atoms with Crippen LogP contribution in [0.25, 0.3) is 22.4 Å². The van der Waals surface area contributed by atoms with Crippen LogP contribution in [0.2, 0.25) is 5.02 Å². The topological polar surface area (TPSA) is 98.5 Å². The number of aliphatic hydroxyl groups excluding tert-OH is 1. The summed E-state index contributed by atoms with van der Waals surface area (Å²) < 4.78 is 54.3. The first-order valence-corrected chi connectivity index (χ1v) is 15.8. The van der Waals surface area contributed by atoms with Crippen molar-refractivity contribution in [2.24, 2.45) is 5.41 Å². The second-order valence-corrected chi connectivity index (χ2v) is 12.9. The van der Waals surface area contributed by atoms with Crippen LogP contribution in [0.4, 0.5) is 18.0 Å². The van der Waals surface area contributed by atoms with E-state index in [4.69, 9.17) is 21.1 Å². The number of pyridine rings is 1. The fraction of sp³-hybridized carbons (Fsp3) is 0.400. The molecule has 2 aromatic heterocycles. The van der Waals surface area contributed by atoms with Gasteiger partial charge in [0.1, 0.15) is 12.4 Å². The van der Waals surface area contributed by atoms with Crippen molar-refractivity contribution in [2.45, 2.75) is 64.6 Å². The molecule has 0 aliphatic heterocycles. The molecule has 1 fully saturated rings. The molecule has 2 heterocycles. The number of halogens is 4. The Balaban J connectivity index is 1.47. The van der Waals surface area contributed by atoms with E-state index >= 15 is 4.39 Å².